The van der Waals surface area contributed by atoms with Gasteiger partial charge in [-0.3, -0.25) is 0 Å². The Morgan fingerprint density at radius 3 is 2.38 bits per heavy atom. The van der Waals surface area contributed by atoms with E-state index in [-0.39, 0.29) is 10.8 Å². The second-order valence-electron chi connectivity index (χ2n) is 5.62. The van der Waals surface area contributed by atoms with Gasteiger partial charge < -0.3 is 4.74 Å². The summed E-state index contributed by atoms with van der Waals surface area (Å²) >= 11 is 5.68. The molecule has 0 aromatic carbocycles. The lowest BCUT2D eigenvalue weighted by Gasteiger charge is -2.29. The molecule has 1 heterocycles. The topological polar surface area (TPSA) is 52.1 Å². The summed E-state index contributed by atoms with van der Waals surface area (Å²) in [5.74, 6) is -0.422. The van der Waals surface area contributed by atoms with Crippen LogP contribution >= 0.6 is 11.6 Å². The minimum absolute atomic E-state index is 0.206. The Bertz CT molecular complexity index is 436. The van der Waals surface area contributed by atoms with Crippen molar-refractivity contribution in [1.29, 1.82) is 0 Å². The fraction of sp³-hybridized carbons (Fsp3) is 0.688. The molecule has 0 unspecified atom stereocenters. The van der Waals surface area contributed by atoms with Crippen LogP contribution in [-0.4, -0.2) is 21.5 Å². The molecule has 1 aromatic heterocycles. The number of hydrogen-bond acceptors (Lipinski definition) is 4. The average Bonchev–Trinajstić information content (AvgIpc) is 2.46. The van der Waals surface area contributed by atoms with Crippen molar-refractivity contribution >= 4 is 17.6 Å². The van der Waals surface area contributed by atoms with Crippen LogP contribution in [0.4, 0.5) is 0 Å². The third-order valence-electron chi connectivity index (χ3n) is 3.54. The Kier molecular flexibility index (Phi) is 7.65. The van der Waals surface area contributed by atoms with E-state index in [1.165, 1.54) is 12.4 Å². The summed E-state index contributed by atoms with van der Waals surface area (Å²) in [6.07, 6.45) is 9.98. The lowest BCUT2D eigenvalue weighted by Crippen LogP contribution is -2.32. The molecule has 0 N–H and O–H groups in total. The molecule has 0 fully saturated rings. The molecule has 1 atom stereocenters. The van der Waals surface area contributed by atoms with Crippen LogP contribution in [0.5, 0.6) is 0 Å². The molecule has 0 aliphatic rings. The normalized spacial score (nSPS) is 13.7. The first-order chi connectivity index (χ1) is 10.0. The van der Waals surface area contributed by atoms with Gasteiger partial charge in [0.05, 0.1) is 12.4 Å². The first-order valence-electron chi connectivity index (χ1n) is 7.71. The van der Waals surface area contributed by atoms with Gasteiger partial charge >= 0.3 is 5.97 Å². The first-order valence-corrected chi connectivity index (χ1v) is 8.09. The number of carbonyl (C=O) groups is 1. The summed E-state index contributed by atoms with van der Waals surface area (Å²) in [6.45, 7) is 6.32. The molecule has 4 nitrogen and oxygen atoms in total. The van der Waals surface area contributed by atoms with Crippen LogP contribution in [0.2, 0.25) is 5.15 Å². The number of unbranched alkanes of at least 4 members (excludes halogenated alkanes) is 3. The van der Waals surface area contributed by atoms with Gasteiger partial charge in [-0.2, -0.15) is 0 Å². The Hall–Kier alpha value is -1.16. The summed E-state index contributed by atoms with van der Waals surface area (Å²) in [5.41, 5.74) is -0.221. The fourth-order valence-electron chi connectivity index (χ4n) is 2.22. The van der Waals surface area contributed by atoms with E-state index in [1.54, 1.807) is 0 Å². The standard InChI is InChI=1S/C16H25ClN2O2/c1-4-6-8-10-16(3,9-7-5-2)21-15(20)13-11-19-14(17)12-18-13/h11-12H,4-10H2,1-3H3/t16-/m0/s1. The van der Waals surface area contributed by atoms with Crippen molar-refractivity contribution in [2.45, 2.75) is 71.3 Å². The third kappa shape index (κ3) is 6.42. The maximum absolute atomic E-state index is 12.2. The second kappa shape index (κ2) is 8.98. The smallest absolute Gasteiger partial charge is 0.359 e. The Labute approximate surface area is 132 Å². The monoisotopic (exact) mass is 312 g/mol. The van der Waals surface area contributed by atoms with E-state index < -0.39 is 11.6 Å². The SMILES string of the molecule is CCCCC[C@](C)(CCCC)OC(=O)c1cnc(Cl)cn1. The zero-order valence-corrected chi connectivity index (χ0v) is 13.9. The summed E-state index contributed by atoms with van der Waals surface area (Å²) < 4.78 is 5.73. The number of aromatic nitrogens is 2. The lowest BCUT2D eigenvalue weighted by atomic mass is 9.92. The predicted molar refractivity (Wildman–Crippen MR) is 84.5 cm³/mol. The van der Waals surface area contributed by atoms with Crippen LogP contribution in [0.15, 0.2) is 12.4 Å². The third-order valence-corrected chi connectivity index (χ3v) is 3.73. The van der Waals surface area contributed by atoms with E-state index in [2.05, 4.69) is 23.8 Å². The van der Waals surface area contributed by atoms with Crippen LogP contribution in [0.25, 0.3) is 0 Å². The van der Waals surface area contributed by atoms with Crippen LogP contribution in [-0.2, 0) is 4.74 Å². The largest absolute Gasteiger partial charge is 0.455 e. The molecule has 0 radical (unpaired) electrons. The number of halogens is 1. The lowest BCUT2D eigenvalue weighted by molar-refractivity contribution is -0.0203. The van der Waals surface area contributed by atoms with E-state index in [9.17, 15) is 4.79 Å². The highest BCUT2D eigenvalue weighted by atomic mass is 35.5. The van der Waals surface area contributed by atoms with Crippen molar-refractivity contribution in [3.8, 4) is 0 Å². The maximum atomic E-state index is 12.2. The highest BCUT2D eigenvalue weighted by Gasteiger charge is 2.28. The number of carbonyl (C=O) groups excluding carboxylic acids is 1. The molecule has 21 heavy (non-hydrogen) atoms. The molecule has 1 rings (SSSR count). The Morgan fingerprint density at radius 2 is 1.81 bits per heavy atom. The first kappa shape index (κ1) is 17.9. The molecule has 5 heteroatoms. The Balaban J connectivity index is 2.69. The highest BCUT2D eigenvalue weighted by molar-refractivity contribution is 6.29. The molecule has 0 amide bonds. The maximum Gasteiger partial charge on any atom is 0.359 e. The molecule has 0 aliphatic heterocycles. The molecular weight excluding hydrogens is 288 g/mol. The van der Waals surface area contributed by atoms with Gasteiger partial charge in [-0.25, -0.2) is 14.8 Å². The van der Waals surface area contributed by atoms with Crippen molar-refractivity contribution in [3.63, 3.8) is 0 Å². The van der Waals surface area contributed by atoms with E-state index in [0.717, 1.165) is 44.9 Å². The van der Waals surface area contributed by atoms with Crippen molar-refractivity contribution in [2.24, 2.45) is 0 Å². The van der Waals surface area contributed by atoms with Crippen LogP contribution < -0.4 is 0 Å². The van der Waals surface area contributed by atoms with Gasteiger partial charge in [-0.1, -0.05) is 44.7 Å². The summed E-state index contributed by atoms with van der Waals surface area (Å²) in [5, 5.41) is 0.267. The van der Waals surface area contributed by atoms with Gasteiger partial charge in [0.15, 0.2) is 5.69 Å². The minimum atomic E-state index is -0.427. The highest BCUT2D eigenvalue weighted by Crippen LogP contribution is 2.27. The van der Waals surface area contributed by atoms with Crippen molar-refractivity contribution in [3.05, 3.63) is 23.2 Å². The number of rotatable bonds is 9. The molecular formula is C16H25ClN2O2. The number of nitrogens with zero attached hydrogens (tertiary/aromatic N) is 2. The van der Waals surface area contributed by atoms with Crippen LogP contribution in [0, 0.1) is 0 Å². The van der Waals surface area contributed by atoms with Gasteiger partial charge in [0.1, 0.15) is 10.8 Å². The van der Waals surface area contributed by atoms with Gasteiger partial charge in [-0.05, 0) is 32.6 Å². The summed E-state index contributed by atoms with van der Waals surface area (Å²) in [7, 11) is 0. The van der Waals surface area contributed by atoms with Crippen molar-refractivity contribution in [1.82, 2.24) is 9.97 Å². The van der Waals surface area contributed by atoms with Gasteiger partial charge in [0.2, 0.25) is 0 Å². The second-order valence-corrected chi connectivity index (χ2v) is 6.01. The predicted octanol–water partition coefficient (Wildman–Crippen LogP) is 4.82. The molecule has 0 bridgehead atoms. The number of esters is 1. The van der Waals surface area contributed by atoms with Gasteiger partial charge in [-0.15, -0.1) is 0 Å². The number of hydrogen-bond donors (Lipinski definition) is 0. The molecule has 0 saturated carbocycles. The molecule has 0 spiro atoms. The average molecular weight is 313 g/mol. The van der Waals surface area contributed by atoms with E-state index in [4.69, 9.17) is 16.3 Å². The van der Waals surface area contributed by atoms with Crippen LogP contribution in [0.3, 0.4) is 0 Å². The fourth-order valence-corrected chi connectivity index (χ4v) is 2.32. The van der Waals surface area contributed by atoms with Gasteiger partial charge in [0.25, 0.3) is 0 Å². The van der Waals surface area contributed by atoms with Gasteiger partial charge in [0, 0.05) is 0 Å². The van der Waals surface area contributed by atoms with E-state index >= 15 is 0 Å². The van der Waals surface area contributed by atoms with Crippen LogP contribution in [0.1, 0.15) is 76.2 Å². The zero-order valence-electron chi connectivity index (χ0n) is 13.2. The molecule has 0 aliphatic carbocycles. The molecule has 0 saturated heterocycles. The zero-order chi connectivity index (χ0) is 15.7. The summed E-state index contributed by atoms with van der Waals surface area (Å²) in [4.78, 5) is 20.0. The minimum Gasteiger partial charge on any atom is -0.455 e. The summed E-state index contributed by atoms with van der Waals surface area (Å²) in [6, 6.07) is 0. The quantitative estimate of drug-likeness (QED) is 0.484. The van der Waals surface area contributed by atoms with Crippen molar-refractivity contribution < 1.29 is 9.53 Å². The molecule has 118 valence electrons. The number of ether oxygens (including phenoxy) is 1. The van der Waals surface area contributed by atoms with Crippen molar-refractivity contribution in [2.75, 3.05) is 0 Å². The van der Waals surface area contributed by atoms with E-state index in [0.29, 0.717) is 0 Å². The molecule has 1 aromatic rings. The Morgan fingerprint density at radius 1 is 1.14 bits per heavy atom. The van der Waals surface area contributed by atoms with E-state index in [1.807, 2.05) is 6.92 Å².